The standard InChI is InChI=1S/C19H10Cl3F3N2O5S/c20-14-7-12(27(28)29)4-5-17(14)32-18-15(21)8-13(9-16(18)22)33(30,31)26-11-3-1-2-10(6-11)19(23,24)25/h1-9,26H. The first-order valence-electron chi connectivity index (χ1n) is 8.59. The van der Waals surface area contributed by atoms with E-state index in [0.717, 1.165) is 42.5 Å². The Kier molecular flexibility index (Phi) is 6.99. The van der Waals surface area contributed by atoms with E-state index in [4.69, 9.17) is 39.5 Å². The zero-order valence-corrected chi connectivity index (χ0v) is 18.9. The molecule has 0 spiro atoms. The van der Waals surface area contributed by atoms with Crippen LogP contribution in [-0.2, 0) is 16.2 Å². The highest BCUT2D eigenvalue weighted by molar-refractivity contribution is 7.92. The molecule has 0 aliphatic heterocycles. The average molecular weight is 542 g/mol. The Morgan fingerprint density at radius 3 is 2.12 bits per heavy atom. The molecule has 174 valence electrons. The predicted molar refractivity (Wildman–Crippen MR) is 117 cm³/mol. The van der Waals surface area contributed by atoms with Gasteiger partial charge in [-0.25, -0.2) is 8.42 Å². The van der Waals surface area contributed by atoms with Crippen molar-refractivity contribution < 1.29 is 31.2 Å². The van der Waals surface area contributed by atoms with E-state index in [2.05, 4.69) is 0 Å². The molecule has 7 nitrogen and oxygen atoms in total. The number of alkyl halides is 3. The maximum Gasteiger partial charge on any atom is 0.416 e. The average Bonchev–Trinajstić information content (AvgIpc) is 2.70. The molecule has 1 N–H and O–H groups in total. The lowest BCUT2D eigenvalue weighted by Crippen LogP contribution is -2.14. The normalized spacial score (nSPS) is 11.8. The van der Waals surface area contributed by atoms with Gasteiger partial charge in [-0.3, -0.25) is 14.8 Å². The Labute approximate surface area is 199 Å². The van der Waals surface area contributed by atoms with Crippen molar-refractivity contribution in [2.24, 2.45) is 0 Å². The lowest BCUT2D eigenvalue weighted by molar-refractivity contribution is -0.384. The third-order valence-corrected chi connectivity index (χ3v) is 6.28. The second kappa shape index (κ2) is 9.26. The quantitative estimate of drug-likeness (QED) is 0.264. The molecule has 0 radical (unpaired) electrons. The summed E-state index contributed by atoms with van der Waals surface area (Å²) in [5.74, 6) is -0.226. The lowest BCUT2D eigenvalue weighted by atomic mass is 10.2. The van der Waals surface area contributed by atoms with Crippen LogP contribution >= 0.6 is 34.8 Å². The molecule has 3 aromatic carbocycles. The largest absolute Gasteiger partial charge is 0.453 e. The Balaban J connectivity index is 1.90. The molecule has 0 amide bonds. The van der Waals surface area contributed by atoms with Gasteiger partial charge in [0.2, 0.25) is 0 Å². The molecule has 0 fully saturated rings. The van der Waals surface area contributed by atoms with E-state index in [1.807, 2.05) is 4.72 Å². The van der Waals surface area contributed by atoms with E-state index in [0.29, 0.717) is 6.07 Å². The van der Waals surface area contributed by atoms with E-state index in [-0.39, 0.29) is 37.9 Å². The SMILES string of the molecule is O=[N+]([O-])c1ccc(Oc2c(Cl)cc(S(=O)(=O)Nc3cccc(C(F)(F)F)c3)cc2Cl)c(Cl)c1. The third-order valence-electron chi connectivity index (χ3n) is 4.06. The molecule has 33 heavy (non-hydrogen) atoms. The van der Waals surface area contributed by atoms with Crippen LogP contribution < -0.4 is 9.46 Å². The van der Waals surface area contributed by atoms with Gasteiger partial charge in [-0.15, -0.1) is 0 Å². The highest BCUT2D eigenvalue weighted by atomic mass is 35.5. The summed E-state index contributed by atoms with van der Waals surface area (Å²) in [5.41, 5.74) is -1.65. The molecule has 0 bridgehead atoms. The van der Waals surface area contributed by atoms with Gasteiger partial charge < -0.3 is 4.74 Å². The van der Waals surface area contributed by atoms with Crippen LogP contribution in [0.5, 0.6) is 11.5 Å². The summed E-state index contributed by atoms with van der Waals surface area (Å²) in [6, 6.07) is 8.92. The number of hydrogen-bond acceptors (Lipinski definition) is 5. The van der Waals surface area contributed by atoms with Crippen LogP contribution in [-0.4, -0.2) is 13.3 Å². The molecule has 3 rings (SSSR count). The predicted octanol–water partition coefficient (Wildman–Crippen LogP) is 7.17. The van der Waals surface area contributed by atoms with Crippen LogP contribution in [0.25, 0.3) is 0 Å². The number of nitro benzene ring substituents is 1. The molecule has 3 aromatic rings. The summed E-state index contributed by atoms with van der Waals surface area (Å²) in [4.78, 5) is 9.70. The fraction of sp³-hybridized carbons (Fsp3) is 0.0526. The molecule has 0 aliphatic carbocycles. The van der Waals surface area contributed by atoms with E-state index >= 15 is 0 Å². The molecule has 0 atom stereocenters. The number of nitrogens with one attached hydrogen (secondary N) is 1. The van der Waals surface area contributed by atoms with Crippen LogP contribution in [0, 0.1) is 10.1 Å². The smallest absolute Gasteiger partial charge is 0.416 e. The van der Waals surface area contributed by atoms with Gasteiger partial charge in [0.1, 0.15) is 5.75 Å². The van der Waals surface area contributed by atoms with Crippen LogP contribution in [0.2, 0.25) is 15.1 Å². The molecule has 0 saturated carbocycles. The Morgan fingerprint density at radius 2 is 1.58 bits per heavy atom. The number of benzene rings is 3. The fourth-order valence-electron chi connectivity index (χ4n) is 2.56. The van der Waals surface area contributed by atoms with E-state index in [1.165, 1.54) is 6.07 Å². The van der Waals surface area contributed by atoms with Crippen molar-refractivity contribution in [1.29, 1.82) is 0 Å². The molecule has 0 aromatic heterocycles. The maximum absolute atomic E-state index is 12.9. The molecule has 0 unspecified atom stereocenters. The number of halogens is 6. The van der Waals surface area contributed by atoms with Crippen molar-refractivity contribution in [3.63, 3.8) is 0 Å². The second-order valence-electron chi connectivity index (χ2n) is 6.37. The molecule has 0 aliphatic rings. The Morgan fingerprint density at radius 1 is 0.939 bits per heavy atom. The van der Waals surface area contributed by atoms with Gasteiger partial charge in [0.15, 0.2) is 5.75 Å². The molecular formula is C19H10Cl3F3N2O5S. The highest BCUT2D eigenvalue weighted by Gasteiger charge is 2.31. The topological polar surface area (TPSA) is 98.5 Å². The van der Waals surface area contributed by atoms with Crippen LogP contribution in [0.3, 0.4) is 0 Å². The van der Waals surface area contributed by atoms with Crippen molar-refractivity contribution in [2.75, 3.05) is 4.72 Å². The summed E-state index contributed by atoms with van der Waals surface area (Å²) in [5, 5.41) is 10.2. The second-order valence-corrected chi connectivity index (χ2v) is 9.28. The van der Waals surface area contributed by atoms with Crippen LogP contribution in [0.15, 0.2) is 59.5 Å². The van der Waals surface area contributed by atoms with Gasteiger partial charge >= 0.3 is 6.18 Å². The molecule has 14 heteroatoms. The first-order chi connectivity index (χ1) is 15.3. The minimum absolute atomic E-state index is 0.0382. The minimum Gasteiger partial charge on any atom is -0.453 e. The van der Waals surface area contributed by atoms with Crippen molar-refractivity contribution in [3.8, 4) is 11.5 Å². The van der Waals surface area contributed by atoms with Crippen LogP contribution in [0.1, 0.15) is 5.56 Å². The van der Waals surface area contributed by atoms with E-state index in [9.17, 15) is 31.7 Å². The van der Waals surface area contributed by atoms with Crippen molar-refractivity contribution >= 4 is 56.2 Å². The Bertz CT molecular complexity index is 1330. The van der Waals surface area contributed by atoms with E-state index < -0.39 is 31.6 Å². The summed E-state index contributed by atoms with van der Waals surface area (Å²) in [7, 11) is -4.38. The van der Waals surface area contributed by atoms with Gasteiger partial charge in [-0.05, 0) is 36.4 Å². The number of rotatable bonds is 6. The number of nitro groups is 1. The first kappa shape index (κ1) is 24.9. The van der Waals surface area contributed by atoms with Gasteiger partial charge in [0.25, 0.3) is 15.7 Å². The lowest BCUT2D eigenvalue weighted by Gasteiger charge is -2.14. The molecule has 0 saturated heterocycles. The highest BCUT2D eigenvalue weighted by Crippen LogP contribution is 2.41. The summed E-state index contributed by atoms with van der Waals surface area (Å²) in [6.45, 7) is 0. The van der Waals surface area contributed by atoms with Gasteiger partial charge in [0, 0.05) is 17.8 Å². The van der Waals surface area contributed by atoms with Crippen LogP contribution in [0.4, 0.5) is 24.5 Å². The maximum atomic E-state index is 12.9. The third kappa shape index (κ3) is 5.80. The molecule has 0 heterocycles. The number of sulfonamides is 1. The fourth-order valence-corrected chi connectivity index (χ4v) is 4.57. The zero-order valence-electron chi connectivity index (χ0n) is 15.9. The number of hydrogen-bond donors (Lipinski definition) is 1. The minimum atomic E-state index is -4.66. The molecular weight excluding hydrogens is 532 g/mol. The van der Waals surface area contributed by atoms with Crippen molar-refractivity contribution in [2.45, 2.75) is 11.1 Å². The van der Waals surface area contributed by atoms with Gasteiger partial charge in [0.05, 0.1) is 30.5 Å². The van der Waals surface area contributed by atoms with Gasteiger partial charge in [-0.1, -0.05) is 40.9 Å². The summed E-state index contributed by atoms with van der Waals surface area (Å²) in [6.07, 6.45) is -4.66. The number of ether oxygens (including phenoxy) is 1. The number of non-ortho nitro benzene ring substituents is 1. The first-order valence-corrected chi connectivity index (χ1v) is 11.2. The summed E-state index contributed by atoms with van der Waals surface area (Å²) >= 11 is 18.2. The summed E-state index contributed by atoms with van der Waals surface area (Å²) < 4.78 is 71.4. The number of nitrogens with zero attached hydrogens (tertiary/aromatic N) is 1. The van der Waals surface area contributed by atoms with Gasteiger partial charge in [-0.2, -0.15) is 13.2 Å². The monoisotopic (exact) mass is 540 g/mol. The Hall–Kier alpha value is -2.73. The van der Waals surface area contributed by atoms with E-state index in [1.54, 1.807) is 0 Å². The van der Waals surface area contributed by atoms with Crippen molar-refractivity contribution in [3.05, 3.63) is 85.3 Å². The van der Waals surface area contributed by atoms with Crippen molar-refractivity contribution in [1.82, 2.24) is 0 Å². The number of anilines is 1. The zero-order chi connectivity index (χ0) is 24.6.